The standard InChI is InChI=1S/C14H20O2S/c15-13(8-11-3-7-17-10-11)12-2-6-16-14(9-12)4-1-5-14/h3,7,10,12-13,15H,1-2,4-6,8-9H2. The van der Waals surface area contributed by atoms with E-state index in [4.69, 9.17) is 4.74 Å². The van der Waals surface area contributed by atoms with E-state index in [9.17, 15) is 5.11 Å². The molecule has 0 amide bonds. The Balaban J connectivity index is 1.59. The van der Waals surface area contributed by atoms with Gasteiger partial charge in [-0.25, -0.2) is 0 Å². The third-order valence-electron chi connectivity index (χ3n) is 4.36. The highest BCUT2D eigenvalue weighted by atomic mass is 32.1. The van der Waals surface area contributed by atoms with Gasteiger partial charge in [0.1, 0.15) is 0 Å². The monoisotopic (exact) mass is 252 g/mol. The van der Waals surface area contributed by atoms with Gasteiger partial charge in [0.15, 0.2) is 0 Å². The number of aliphatic hydroxyl groups is 1. The quantitative estimate of drug-likeness (QED) is 0.896. The molecule has 1 aliphatic carbocycles. The normalized spacial score (nSPS) is 28.9. The average Bonchev–Trinajstić information content (AvgIpc) is 2.80. The molecular weight excluding hydrogens is 232 g/mol. The SMILES string of the molecule is OC(Cc1ccsc1)C1CCOC2(CCC2)C1. The van der Waals surface area contributed by atoms with Gasteiger partial charge in [0, 0.05) is 6.61 Å². The van der Waals surface area contributed by atoms with Crippen LogP contribution in [0.3, 0.4) is 0 Å². The van der Waals surface area contributed by atoms with Crippen molar-refractivity contribution in [2.24, 2.45) is 5.92 Å². The van der Waals surface area contributed by atoms with E-state index in [1.807, 2.05) is 0 Å². The first-order valence-electron chi connectivity index (χ1n) is 6.61. The second-order valence-electron chi connectivity index (χ2n) is 5.54. The van der Waals surface area contributed by atoms with Crippen LogP contribution in [0.1, 0.15) is 37.7 Å². The van der Waals surface area contributed by atoms with Crippen molar-refractivity contribution in [3.8, 4) is 0 Å². The highest BCUT2D eigenvalue weighted by Gasteiger charge is 2.43. The molecule has 1 aliphatic heterocycles. The molecule has 2 aliphatic rings. The summed E-state index contributed by atoms with van der Waals surface area (Å²) in [6.45, 7) is 0.839. The van der Waals surface area contributed by atoms with Crippen molar-refractivity contribution in [3.05, 3.63) is 22.4 Å². The van der Waals surface area contributed by atoms with Crippen LogP contribution in [0.15, 0.2) is 16.8 Å². The minimum atomic E-state index is -0.189. The van der Waals surface area contributed by atoms with Crippen molar-refractivity contribution in [2.75, 3.05) is 6.61 Å². The summed E-state index contributed by atoms with van der Waals surface area (Å²) in [6.07, 6.45) is 6.41. The van der Waals surface area contributed by atoms with Crippen LogP contribution in [0.2, 0.25) is 0 Å². The zero-order valence-corrected chi connectivity index (χ0v) is 10.9. The third kappa shape index (κ3) is 2.42. The summed E-state index contributed by atoms with van der Waals surface area (Å²) in [7, 11) is 0. The molecule has 1 saturated carbocycles. The van der Waals surface area contributed by atoms with Crippen LogP contribution in [0.25, 0.3) is 0 Å². The molecule has 3 heteroatoms. The summed E-state index contributed by atoms with van der Waals surface area (Å²) in [6, 6.07) is 2.12. The lowest BCUT2D eigenvalue weighted by Crippen LogP contribution is -2.48. The fraction of sp³-hybridized carbons (Fsp3) is 0.714. The smallest absolute Gasteiger partial charge is 0.0686 e. The topological polar surface area (TPSA) is 29.5 Å². The van der Waals surface area contributed by atoms with Gasteiger partial charge < -0.3 is 9.84 Å². The van der Waals surface area contributed by atoms with Crippen LogP contribution < -0.4 is 0 Å². The van der Waals surface area contributed by atoms with Crippen molar-refractivity contribution in [2.45, 2.75) is 50.2 Å². The molecule has 1 N–H and O–H groups in total. The predicted octanol–water partition coefficient (Wildman–Crippen LogP) is 3.00. The molecule has 1 spiro atoms. The van der Waals surface area contributed by atoms with Gasteiger partial charge in [-0.2, -0.15) is 11.3 Å². The largest absolute Gasteiger partial charge is 0.392 e. The Bertz CT molecular complexity index is 356. The molecule has 94 valence electrons. The lowest BCUT2D eigenvalue weighted by molar-refractivity contribution is -0.156. The van der Waals surface area contributed by atoms with E-state index in [-0.39, 0.29) is 11.7 Å². The highest BCUT2D eigenvalue weighted by molar-refractivity contribution is 7.07. The number of hydrogen-bond donors (Lipinski definition) is 1. The van der Waals surface area contributed by atoms with Crippen molar-refractivity contribution >= 4 is 11.3 Å². The van der Waals surface area contributed by atoms with E-state index in [2.05, 4.69) is 16.8 Å². The Morgan fingerprint density at radius 2 is 2.41 bits per heavy atom. The lowest BCUT2D eigenvalue weighted by atomic mass is 9.70. The molecule has 17 heavy (non-hydrogen) atoms. The Morgan fingerprint density at radius 3 is 3.06 bits per heavy atom. The van der Waals surface area contributed by atoms with Gasteiger partial charge in [0.25, 0.3) is 0 Å². The van der Waals surface area contributed by atoms with Crippen LogP contribution >= 0.6 is 11.3 Å². The van der Waals surface area contributed by atoms with Crippen molar-refractivity contribution in [1.29, 1.82) is 0 Å². The van der Waals surface area contributed by atoms with Gasteiger partial charge in [-0.3, -0.25) is 0 Å². The number of thiophene rings is 1. The third-order valence-corrected chi connectivity index (χ3v) is 5.10. The van der Waals surface area contributed by atoms with Gasteiger partial charge >= 0.3 is 0 Å². The second-order valence-corrected chi connectivity index (χ2v) is 6.32. The van der Waals surface area contributed by atoms with E-state index >= 15 is 0 Å². The minimum absolute atomic E-state index is 0.151. The first-order valence-corrected chi connectivity index (χ1v) is 7.55. The fourth-order valence-corrected chi connectivity index (χ4v) is 3.81. The number of rotatable bonds is 3. The Hall–Kier alpha value is -0.380. The molecule has 3 rings (SSSR count). The second kappa shape index (κ2) is 4.71. The molecule has 2 atom stereocenters. The van der Waals surface area contributed by atoms with Crippen molar-refractivity contribution in [3.63, 3.8) is 0 Å². The molecule has 2 fully saturated rings. The highest BCUT2D eigenvalue weighted by Crippen LogP contribution is 2.45. The van der Waals surface area contributed by atoms with Gasteiger partial charge in [0.2, 0.25) is 0 Å². The van der Waals surface area contributed by atoms with E-state index in [0.717, 1.165) is 25.9 Å². The molecule has 1 saturated heterocycles. The average molecular weight is 252 g/mol. The van der Waals surface area contributed by atoms with E-state index in [1.54, 1.807) is 11.3 Å². The van der Waals surface area contributed by atoms with E-state index in [1.165, 1.54) is 24.8 Å². The van der Waals surface area contributed by atoms with E-state index < -0.39 is 0 Å². The Labute approximate surface area is 107 Å². The maximum Gasteiger partial charge on any atom is 0.0686 e. The molecule has 1 aromatic heterocycles. The molecule has 0 radical (unpaired) electrons. The van der Waals surface area contributed by atoms with Crippen LogP contribution in [0.5, 0.6) is 0 Å². The lowest BCUT2D eigenvalue weighted by Gasteiger charge is -2.48. The van der Waals surface area contributed by atoms with Crippen LogP contribution in [-0.4, -0.2) is 23.4 Å². The molecule has 1 aromatic rings. The van der Waals surface area contributed by atoms with Crippen molar-refractivity contribution in [1.82, 2.24) is 0 Å². The molecule has 2 nitrogen and oxygen atoms in total. The first kappa shape index (κ1) is 11.7. The number of hydrogen-bond acceptors (Lipinski definition) is 3. The molecular formula is C14H20O2S. The fourth-order valence-electron chi connectivity index (χ4n) is 3.13. The number of aliphatic hydroxyl groups excluding tert-OH is 1. The van der Waals surface area contributed by atoms with Gasteiger partial charge in [-0.1, -0.05) is 0 Å². The molecule has 0 bridgehead atoms. The van der Waals surface area contributed by atoms with Gasteiger partial charge in [-0.05, 0) is 66.8 Å². The summed E-state index contributed by atoms with van der Waals surface area (Å²) >= 11 is 1.71. The summed E-state index contributed by atoms with van der Waals surface area (Å²) in [4.78, 5) is 0. The maximum absolute atomic E-state index is 10.3. The van der Waals surface area contributed by atoms with E-state index in [0.29, 0.717) is 5.92 Å². The number of ether oxygens (including phenoxy) is 1. The predicted molar refractivity (Wildman–Crippen MR) is 69.3 cm³/mol. The summed E-state index contributed by atoms with van der Waals surface area (Å²) in [5.74, 6) is 0.434. The summed E-state index contributed by atoms with van der Waals surface area (Å²) in [5, 5.41) is 14.6. The Kier molecular flexibility index (Phi) is 3.24. The first-order chi connectivity index (χ1) is 8.27. The minimum Gasteiger partial charge on any atom is -0.392 e. The van der Waals surface area contributed by atoms with Crippen LogP contribution in [0.4, 0.5) is 0 Å². The Morgan fingerprint density at radius 1 is 1.53 bits per heavy atom. The zero-order chi connectivity index (χ0) is 11.7. The van der Waals surface area contributed by atoms with Crippen LogP contribution in [0, 0.1) is 5.92 Å². The zero-order valence-electron chi connectivity index (χ0n) is 10.1. The summed E-state index contributed by atoms with van der Waals surface area (Å²) in [5.41, 5.74) is 1.43. The van der Waals surface area contributed by atoms with Crippen molar-refractivity contribution < 1.29 is 9.84 Å². The van der Waals surface area contributed by atoms with Crippen LogP contribution in [-0.2, 0) is 11.2 Å². The van der Waals surface area contributed by atoms with Gasteiger partial charge in [-0.15, -0.1) is 0 Å². The molecule has 0 aromatic carbocycles. The maximum atomic E-state index is 10.3. The summed E-state index contributed by atoms with van der Waals surface area (Å²) < 4.78 is 5.91. The molecule has 2 heterocycles. The molecule has 2 unspecified atom stereocenters. The van der Waals surface area contributed by atoms with Gasteiger partial charge in [0.05, 0.1) is 11.7 Å².